The summed E-state index contributed by atoms with van der Waals surface area (Å²) in [5, 5.41) is 13.8. The predicted molar refractivity (Wildman–Crippen MR) is 74.8 cm³/mol. The third kappa shape index (κ3) is 2.06. The minimum Gasteiger partial charge on any atom is -0.311 e. The van der Waals surface area contributed by atoms with E-state index in [1.807, 2.05) is 7.05 Å². The van der Waals surface area contributed by atoms with Gasteiger partial charge in [-0.1, -0.05) is 23.5 Å². The first-order valence-corrected chi connectivity index (χ1v) is 7.22. The second-order valence-electron chi connectivity index (χ2n) is 4.79. The Morgan fingerprint density at radius 3 is 2.89 bits per heavy atom. The largest absolute Gasteiger partial charge is 0.311 e. The van der Waals surface area contributed by atoms with Crippen molar-refractivity contribution in [3.05, 3.63) is 34.3 Å². The van der Waals surface area contributed by atoms with E-state index in [-0.39, 0.29) is 6.04 Å². The topological polar surface area (TPSA) is 37.8 Å². The van der Waals surface area contributed by atoms with Crippen molar-refractivity contribution < 1.29 is 0 Å². The second-order valence-corrected chi connectivity index (χ2v) is 5.80. The number of aryl methyl sites for hydroxylation is 2. The van der Waals surface area contributed by atoms with Crippen molar-refractivity contribution >= 4 is 11.3 Å². The minimum absolute atomic E-state index is 0.269. The lowest BCUT2D eigenvalue weighted by atomic mass is 10.1. The molecule has 94 valence electrons. The molecule has 1 N–H and O–H groups in total. The highest BCUT2D eigenvalue weighted by Gasteiger charge is 2.15. The summed E-state index contributed by atoms with van der Waals surface area (Å²) in [6.45, 7) is 2.10. The molecule has 0 spiro atoms. The summed E-state index contributed by atoms with van der Waals surface area (Å²) in [4.78, 5) is 0. The highest BCUT2D eigenvalue weighted by atomic mass is 32.1. The molecule has 1 atom stereocenters. The molecule has 0 saturated carbocycles. The Balaban J connectivity index is 1.92. The first-order valence-electron chi connectivity index (χ1n) is 6.41. The third-order valence-electron chi connectivity index (χ3n) is 3.59. The molecule has 0 bridgehead atoms. The van der Waals surface area contributed by atoms with Crippen LogP contribution >= 0.6 is 11.3 Å². The maximum absolute atomic E-state index is 4.31. The van der Waals surface area contributed by atoms with Gasteiger partial charge in [-0.05, 0) is 50.4 Å². The minimum atomic E-state index is 0.269. The lowest BCUT2D eigenvalue weighted by Gasteiger charge is -2.03. The lowest BCUT2D eigenvalue weighted by molar-refractivity contribution is 0.640. The van der Waals surface area contributed by atoms with Crippen LogP contribution in [0.3, 0.4) is 0 Å². The van der Waals surface area contributed by atoms with Crippen LogP contribution in [0.25, 0.3) is 10.6 Å². The summed E-state index contributed by atoms with van der Waals surface area (Å²) in [5.74, 6) is 0. The van der Waals surface area contributed by atoms with Crippen LogP contribution in [0.15, 0.2) is 18.2 Å². The maximum Gasteiger partial charge on any atom is 0.147 e. The summed E-state index contributed by atoms with van der Waals surface area (Å²) >= 11 is 1.68. The van der Waals surface area contributed by atoms with Crippen LogP contribution < -0.4 is 5.32 Å². The quantitative estimate of drug-likeness (QED) is 0.921. The Bertz CT molecular complexity index is 562. The van der Waals surface area contributed by atoms with Gasteiger partial charge >= 0.3 is 0 Å². The molecule has 1 heterocycles. The number of hydrogen-bond acceptors (Lipinski definition) is 4. The van der Waals surface area contributed by atoms with E-state index >= 15 is 0 Å². The van der Waals surface area contributed by atoms with Gasteiger partial charge < -0.3 is 5.32 Å². The van der Waals surface area contributed by atoms with Crippen LogP contribution in [-0.2, 0) is 12.8 Å². The summed E-state index contributed by atoms with van der Waals surface area (Å²) in [7, 11) is 1.95. The normalized spacial score (nSPS) is 15.7. The predicted octanol–water partition coefficient (Wildman–Crippen LogP) is 2.97. The zero-order chi connectivity index (χ0) is 12.5. The van der Waals surface area contributed by atoms with Gasteiger partial charge in [-0.15, -0.1) is 10.2 Å². The number of hydrogen-bond donors (Lipinski definition) is 1. The van der Waals surface area contributed by atoms with Crippen molar-refractivity contribution in [2.75, 3.05) is 7.05 Å². The van der Waals surface area contributed by atoms with E-state index in [0.29, 0.717) is 0 Å². The first-order chi connectivity index (χ1) is 8.78. The van der Waals surface area contributed by atoms with Crippen molar-refractivity contribution in [1.29, 1.82) is 0 Å². The summed E-state index contributed by atoms with van der Waals surface area (Å²) in [5.41, 5.74) is 4.21. The molecule has 1 aliphatic carbocycles. The van der Waals surface area contributed by atoms with Crippen molar-refractivity contribution in [3.63, 3.8) is 0 Å². The van der Waals surface area contributed by atoms with Crippen LogP contribution in [0.2, 0.25) is 0 Å². The molecule has 1 unspecified atom stereocenters. The zero-order valence-corrected chi connectivity index (χ0v) is 11.5. The molecule has 0 amide bonds. The van der Waals surface area contributed by atoms with E-state index < -0.39 is 0 Å². The summed E-state index contributed by atoms with van der Waals surface area (Å²) in [6.07, 6.45) is 3.73. The van der Waals surface area contributed by atoms with Gasteiger partial charge in [0.2, 0.25) is 0 Å². The van der Waals surface area contributed by atoms with Gasteiger partial charge in [-0.3, -0.25) is 0 Å². The van der Waals surface area contributed by atoms with E-state index in [1.165, 1.54) is 36.0 Å². The van der Waals surface area contributed by atoms with Crippen molar-refractivity contribution in [3.8, 4) is 10.6 Å². The highest BCUT2D eigenvalue weighted by Crippen LogP contribution is 2.30. The number of fused-ring (bicyclic) bond motifs is 1. The SMILES string of the molecule is CNC(C)c1nnc(-c2ccc3c(c2)CCC3)s1. The average Bonchev–Trinajstić information content (AvgIpc) is 3.05. The van der Waals surface area contributed by atoms with Crippen LogP contribution in [-0.4, -0.2) is 17.2 Å². The van der Waals surface area contributed by atoms with E-state index in [0.717, 1.165) is 10.0 Å². The van der Waals surface area contributed by atoms with Crippen molar-refractivity contribution in [1.82, 2.24) is 15.5 Å². The van der Waals surface area contributed by atoms with Crippen LogP contribution in [0, 0.1) is 0 Å². The standard InChI is InChI=1S/C14H17N3S/c1-9(15-2)13-16-17-14(18-13)12-7-6-10-4-3-5-11(10)8-12/h6-9,15H,3-5H2,1-2H3. The fourth-order valence-electron chi connectivity index (χ4n) is 2.35. The number of rotatable bonds is 3. The molecule has 3 rings (SSSR count). The lowest BCUT2D eigenvalue weighted by Crippen LogP contribution is -2.11. The zero-order valence-electron chi connectivity index (χ0n) is 10.7. The molecule has 3 nitrogen and oxygen atoms in total. The Morgan fingerprint density at radius 2 is 2.06 bits per heavy atom. The van der Waals surface area contributed by atoms with Gasteiger partial charge in [0.25, 0.3) is 0 Å². The smallest absolute Gasteiger partial charge is 0.147 e. The number of nitrogens with zero attached hydrogens (tertiary/aromatic N) is 2. The van der Waals surface area contributed by atoms with E-state index in [2.05, 4.69) is 40.6 Å². The molecular weight excluding hydrogens is 242 g/mol. The average molecular weight is 259 g/mol. The van der Waals surface area contributed by atoms with Gasteiger partial charge in [0.05, 0.1) is 6.04 Å². The molecular formula is C14H17N3S. The molecule has 0 fully saturated rings. The number of aromatic nitrogens is 2. The van der Waals surface area contributed by atoms with Gasteiger partial charge in [0.15, 0.2) is 0 Å². The monoisotopic (exact) mass is 259 g/mol. The second kappa shape index (κ2) is 4.78. The Hall–Kier alpha value is -1.26. The van der Waals surface area contributed by atoms with Gasteiger partial charge in [-0.25, -0.2) is 0 Å². The highest BCUT2D eigenvalue weighted by molar-refractivity contribution is 7.14. The van der Waals surface area contributed by atoms with Gasteiger partial charge in [0.1, 0.15) is 10.0 Å². The molecule has 1 aliphatic rings. The Morgan fingerprint density at radius 1 is 1.22 bits per heavy atom. The van der Waals surface area contributed by atoms with Crippen LogP contribution in [0.1, 0.15) is 35.5 Å². The van der Waals surface area contributed by atoms with Gasteiger partial charge in [0, 0.05) is 5.56 Å². The maximum atomic E-state index is 4.31. The fraction of sp³-hybridized carbons (Fsp3) is 0.429. The Labute approximate surface area is 111 Å². The third-order valence-corrected chi connectivity index (χ3v) is 4.74. The molecule has 18 heavy (non-hydrogen) atoms. The Kier molecular flexibility index (Phi) is 3.14. The first kappa shape index (κ1) is 11.8. The van der Waals surface area contributed by atoms with E-state index in [9.17, 15) is 0 Å². The molecule has 1 aromatic heterocycles. The van der Waals surface area contributed by atoms with Crippen LogP contribution in [0.4, 0.5) is 0 Å². The molecule has 4 heteroatoms. The fourth-order valence-corrected chi connectivity index (χ4v) is 3.26. The molecule has 2 aromatic rings. The molecule has 0 radical (unpaired) electrons. The van der Waals surface area contributed by atoms with Crippen LogP contribution in [0.5, 0.6) is 0 Å². The summed E-state index contributed by atoms with van der Waals surface area (Å²) < 4.78 is 0. The number of benzene rings is 1. The van der Waals surface area contributed by atoms with E-state index in [4.69, 9.17) is 0 Å². The van der Waals surface area contributed by atoms with Crippen molar-refractivity contribution in [2.24, 2.45) is 0 Å². The van der Waals surface area contributed by atoms with Gasteiger partial charge in [-0.2, -0.15) is 0 Å². The van der Waals surface area contributed by atoms with Crippen molar-refractivity contribution in [2.45, 2.75) is 32.2 Å². The summed E-state index contributed by atoms with van der Waals surface area (Å²) in [6, 6.07) is 6.99. The molecule has 1 aromatic carbocycles. The number of nitrogens with one attached hydrogen (secondary N) is 1. The molecule has 0 saturated heterocycles. The van der Waals surface area contributed by atoms with E-state index in [1.54, 1.807) is 11.3 Å². The molecule has 0 aliphatic heterocycles.